The molecule has 5 heteroatoms. The van der Waals surface area contributed by atoms with Gasteiger partial charge in [-0.15, -0.1) is 0 Å². The van der Waals surface area contributed by atoms with Gasteiger partial charge in [0, 0.05) is 6.42 Å². The first-order chi connectivity index (χ1) is 12.6. The van der Waals surface area contributed by atoms with Crippen molar-refractivity contribution in [3.63, 3.8) is 0 Å². The molecule has 1 amide bonds. The van der Waals surface area contributed by atoms with Gasteiger partial charge < -0.3 is 19.5 Å². The molecule has 0 bridgehead atoms. The maximum absolute atomic E-state index is 11.8. The molecule has 26 heavy (non-hydrogen) atoms. The van der Waals surface area contributed by atoms with E-state index in [0.717, 1.165) is 22.8 Å². The Morgan fingerprint density at radius 2 is 1.69 bits per heavy atom. The number of benzene rings is 2. The van der Waals surface area contributed by atoms with Crippen molar-refractivity contribution in [2.75, 3.05) is 26.9 Å². The molecule has 0 aliphatic heterocycles. The second kappa shape index (κ2) is 10.3. The van der Waals surface area contributed by atoms with Gasteiger partial charge in [-0.25, -0.2) is 0 Å². The van der Waals surface area contributed by atoms with E-state index in [4.69, 9.17) is 14.2 Å². The number of nitrogens with one attached hydrogen (secondary N) is 1. The number of methoxy groups -OCH3 is 1. The van der Waals surface area contributed by atoms with Gasteiger partial charge in [0.2, 0.25) is 5.91 Å². The molecule has 0 aliphatic carbocycles. The Morgan fingerprint density at radius 1 is 0.962 bits per heavy atom. The molecular formula is C21H27NO4. The van der Waals surface area contributed by atoms with Crippen LogP contribution in [0.5, 0.6) is 17.2 Å². The summed E-state index contributed by atoms with van der Waals surface area (Å²) in [7, 11) is 1.63. The molecule has 0 aromatic heterocycles. The summed E-state index contributed by atoms with van der Waals surface area (Å²) in [4.78, 5) is 11.8. The van der Waals surface area contributed by atoms with Crippen LogP contribution in [0.4, 0.5) is 0 Å². The van der Waals surface area contributed by atoms with Gasteiger partial charge in [-0.3, -0.25) is 4.79 Å². The van der Waals surface area contributed by atoms with Gasteiger partial charge in [0.15, 0.2) is 0 Å². The largest absolute Gasteiger partial charge is 0.497 e. The molecule has 1 N–H and O–H groups in total. The average molecular weight is 357 g/mol. The molecule has 2 rings (SSSR count). The highest BCUT2D eigenvalue weighted by Crippen LogP contribution is 2.18. The van der Waals surface area contributed by atoms with Gasteiger partial charge in [-0.05, 0) is 56.2 Å². The molecule has 140 valence electrons. The van der Waals surface area contributed by atoms with Gasteiger partial charge in [-0.2, -0.15) is 0 Å². The van der Waals surface area contributed by atoms with Gasteiger partial charge in [0.1, 0.15) is 23.9 Å². The Hall–Kier alpha value is -2.69. The molecule has 0 atom stereocenters. The molecule has 0 saturated heterocycles. The van der Waals surface area contributed by atoms with Crippen LogP contribution in [0, 0.1) is 13.8 Å². The molecular weight excluding hydrogens is 330 g/mol. The highest BCUT2D eigenvalue weighted by Gasteiger charge is 2.03. The summed E-state index contributed by atoms with van der Waals surface area (Å²) in [5, 5.41) is 2.86. The van der Waals surface area contributed by atoms with Crippen molar-refractivity contribution in [1.29, 1.82) is 0 Å². The number of aryl methyl sites for hydroxylation is 2. The number of ether oxygens (including phenoxy) is 3. The third-order valence-corrected chi connectivity index (χ3v) is 3.89. The van der Waals surface area contributed by atoms with Crippen molar-refractivity contribution in [2.24, 2.45) is 0 Å². The minimum Gasteiger partial charge on any atom is -0.497 e. The van der Waals surface area contributed by atoms with Crippen molar-refractivity contribution in [1.82, 2.24) is 5.32 Å². The van der Waals surface area contributed by atoms with Crippen LogP contribution in [0.3, 0.4) is 0 Å². The van der Waals surface area contributed by atoms with Crippen LogP contribution in [0.1, 0.15) is 24.0 Å². The third-order valence-electron chi connectivity index (χ3n) is 3.89. The zero-order chi connectivity index (χ0) is 18.8. The van der Waals surface area contributed by atoms with E-state index in [1.54, 1.807) is 7.11 Å². The van der Waals surface area contributed by atoms with Gasteiger partial charge in [-0.1, -0.05) is 17.7 Å². The first kappa shape index (κ1) is 19.6. The monoisotopic (exact) mass is 357 g/mol. The standard InChI is InChI=1S/C21H27NO4/c1-16-6-11-20(17(2)15-16)26-14-12-22-21(23)5-4-13-25-19-9-7-18(24-3)8-10-19/h6-11,15H,4-5,12-14H2,1-3H3,(H,22,23). The number of amides is 1. The minimum absolute atomic E-state index is 0.00700. The summed E-state index contributed by atoms with van der Waals surface area (Å²) in [5.74, 6) is 2.43. The van der Waals surface area contributed by atoms with Crippen molar-refractivity contribution in [3.8, 4) is 17.2 Å². The predicted molar refractivity (Wildman–Crippen MR) is 102 cm³/mol. The summed E-state index contributed by atoms with van der Waals surface area (Å²) in [6.45, 7) is 5.52. The molecule has 0 fully saturated rings. The van der Waals surface area contributed by atoms with Crippen LogP contribution in [0.15, 0.2) is 42.5 Å². The van der Waals surface area contributed by atoms with Crippen LogP contribution in [0.25, 0.3) is 0 Å². The quantitative estimate of drug-likeness (QED) is 0.659. The SMILES string of the molecule is COc1ccc(OCCCC(=O)NCCOc2ccc(C)cc2C)cc1. The summed E-state index contributed by atoms with van der Waals surface area (Å²) in [6, 6.07) is 13.5. The zero-order valence-corrected chi connectivity index (χ0v) is 15.7. The Bertz CT molecular complexity index is 698. The lowest BCUT2D eigenvalue weighted by atomic mass is 10.1. The molecule has 0 aliphatic rings. The fourth-order valence-electron chi connectivity index (χ4n) is 2.50. The zero-order valence-electron chi connectivity index (χ0n) is 15.7. The highest BCUT2D eigenvalue weighted by molar-refractivity contribution is 5.75. The first-order valence-corrected chi connectivity index (χ1v) is 8.82. The Kier molecular flexibility index (Phi) is 7.80. The molecule has 0 unspecified atom stereocenters. The van der Waals surface area contributed by atoms with Crippen LogP contribution in [-0.2, 0) is 4.79 Å². The Balaban J connectivity index is 1.55. The van der Waals surface area contributed by atoms with Gasteiger partial charge in [0.05, 0.1) is 20.3 Å². The van der Waals surface area contributed by atoms with E-state index < -0.39 is 0 Å². The van der Waals surface area contributed by atoms with E-state index in [2.05, 4.69) is 18.3 Å². The number of carbonyl (C=O) groups is 1. The van der Waals surface area contributed by atoms with E-state index in [1.165, 1.54) is 5.56 Å². The molecule has 0 saturated carbocycles. The van der Waals surface area contributed by atoms with E-state index in [-0.39, 0.29) is 5.91 Å². The molecule has 5 nitrogen and oxygen atoms in total. The van der Waals surface area contributed by atoms with Crippen molar-refractivity contribution in [3.05, 3.63) is 53.6 Å². The maximum Gasteiger partial charge on any atom is 0.220 e. The van der Waals surface area contributed by atoms with Crippen LogP contribution in [0.2, 0.25) is 0 Å². The van der Waals surface area contributed by atoms with Crippen LogP contribution >= 0.6 is 0 Å². The molecule has 0 heterocycles. The minimum atomic E-state index is 0.00700. The molecule has 0 spiro atoms. The average Bonchev–Trinajstić information content (AvgIpc) is 2.64. The Labute approximate surface area is 155 Å². The van der Waals surface area contributed by atoms with Crippen LogP contribution in [-0.4, -0.2) is 32.8 Å². The number of hydrogen-bond acceptors (Lipinski definition) is 4. The predicted octanol–water partition coefficient (Wildman–Crippen LogP) is 3.67. The number of carbonyl (C=O) groups excluding carboxylic acids is 1. The number of hydrogen-bond donors (Lipinski definition) is 1. The summed E-state index contributed by atoms with van der Waals surface area (Å²) in [6.07, 6.45) is 1.09. The van der Waals surface area contributed by atoms with E-state index in [9.17, 15) is 4.79 Å². The van der Waals surface area contributed by atoms with Crippen molar-refractivity contribution < 1.29 is 19.0 Å². The lowest BCUT2D eigenvalue weighted by Crippen LogP contribution is -2.28. The number of rotatable bonds is 10. The summed E-state index contributed by atoms with van der Waals surface area (Å²) in [5.41, 5.74) is 2.31. The first-order valence-electron chi connectivity index (χ1n) is 8.82. The van der Waals surface area contributed by atoms with Gasteiger partial charge >= 0.3 is 0 Å². The fourth-order valence-corrected chi connectivity index (χ4v) is 2.50. The summed E-state index contributed by atoms with van der Waals surface area (Å²) < 4.78 is 16.4. The Morgan fingerprint density at radius 3 is 2.38 bits per heavy atom. The normalized spacial score (nSPS) is 10.3. The van der Waals surface area contributed by atoms with E-state index >= 15 is 0 Å². The maximum atomic E-state index is 11.8. The molecule has 0 radical (unpaired) electrons. The topological polar surface area (TPSA) is 56.8 Å². The second-order valence-corrected chi connectivity index (χ2v) is 6.09. The lowest BCUT2D eigenvalue weighted by molar-refractivity contribution is -0.121. The molecule has 2 aromatic carbocycles. The third kappa shape index (κ3) is 6.67. The van der Waals surface area contributed by atoms with E-state index in [0.29, 0.717) is 32.6 Å². The van der Waals surface area contributed by atoms with Crippen LogP contribution < -0.4 is 19.5 Å². The van der Waals surface area contributed by atoms with E-state index in [1.807, 2.05) is 43.3 Å². The highest BCUT2D eigenvalue weighted by atomic mass is 16.5. The summed E-state index contributed by atoms with van der Waals surface area (Å²) >= 11 is 0. The van der Waals surface area contributed by atoms with Crippen molar-refractivity contribution >= 4 is 5.91 Å². The van der Waals surface area contributed by atoms with Gasteiger partial charge in [0.25, 0.3) is 0 Å². The lowest BCUT2D eigenvalue weighted by Gasteiger charge is -2.11. The smallest absolute Gasteiger partial charge is 0.220 e. The fraction of sp³-hybridized carbons (Fsp3) is 0.381. The molecule has 2 aromatic rings. The van der Waals surface area contributed by atoms with Crippen molar-refractivity contribution in [2.45, 2.75) is 26.7 Å². The second-order valence-electron chi connectivity index (χ2n) is 6.09.